The third kappa shape index (κ3) is 1.71. The van der Waals surface area contributed by atoms with Crippen LogP contribution in [0.5, 0.6) is 0 Å². The Balaban J connectivity index is 2.47. The fourth-order valence-electron chi connectivity index (χ4n) is 2.45. The number of nitrogen functional groups attached to an aromatic ring is 1. The Morgan fingerprint density at radius 2 is 2.00 bits per heavy atom. The molecule has 0 atom stereocenters. The molecule has 4 heteroatoms. The molecule has 0 radical (unpaired) electrons. The number of hydrogen-bond acceptors (Lipinski definition) is 2. The number of rotatable bonds is 2. The molecule has 0 heterocycles. The van der Waals surface area contributed by atoms with Crippen LogP contribution in [0.25, 0.3) is 0 Å². The smallest absolute Gasteiger partial charge is 0.314 e. The molecule has 1 fully saturated rings. The van der Waals surface area contributed by atoms with Gasteiger partial charge in [-0.2, -0.15) is 0 Å². The van der Waals surface area contributed by atoms with E-state index >= 15 is 0 Å². The summed E-state index contributed by atoms with van der Waals surface area (Å²) in [5.41, 5.74) is 6.53. The topological polar surface area (TPSA) is 63.3 Å². The van der Waals surface area contributed by atoms with Crippen molar-refractivity contribution >= 4 is 27.6 Å². The van der Waals surface area contributed by atoms with Crippen molar-refractivity contribution in [1.29, 1.82) is 0 Å². The van der Waals surface area contributed by atoms with Gasteiger partial charge in [-0.1, -0.05) is 18.9 Å². The van der Waals surface area contributed by atoms with Gasteiger partial charge in [0.15, 0.2) is 0 Å². The highest BCUT2D eigenvalue weighted by Gasteiger charge is 2.42. The van der Waals surface area contributed by atoms with Crippen LogP contribution in [0.4, 0.5) is 5.69 Å². The third-order valence-electron chi connectivity index (χ3n) is 3.42. The van der Waals surface area contributed by atoms with Crippen LogP contribution in [0.3, 0.4) is 0 Å². The molecule has 0 spiro atoms. The Morgan fingerprint density at radius 1 is 1.38 bits per heavy atom. The molecular formula is C12H14BrNO2. The molecule has 1 saturated carbocycles. The molecule has 2 rings (SSSR count). The highest BCUT2D eigenvalue weighted by Crippen LogP contribution is 2.42. The van der Waals surface area contributed by atoms with E-state index < -0.39 is 11.4 Å². The molecule has 0 aromatic heterocycles. The lowest BCUT2D eigenvalue weighted by Crippen LogP contribution is -2.32. The van der Waals surface area contributed by atoms with Crippen LogP contribution in [0, 0.1) is 0 Å². The Hall–Kier alpha value is -1.03. The Kier molecular flexibility index (Phi) is 2.93. The second kappa shape index (κ2) is 4.09. The predicted molar refractivity (Wildman–Crippen MR) is 66.3 cm³/mol. The predicted octanol–water partition coefficient (Wildman–Crippen LogP) is 2.93. The number of anilines is 1. The molecule has 1 aromatic carbocycles. The van der Waals surface area contributed by atoms with Crippen molar-refractivity contribution in [2.24, 2.45) is 0 Å². The van der Waals surface area contributed by atoms with E-state index in [0.717, 1.165) is 22.9 Å². The molecule has 1 aliphatic carbocycles. The third-order valence-corrected chi connectivity index (χ3v) is 4.14. The van der Waals surface area contributed by atoms with Crippen molar-refractivity contribution in [2.75, 3.05) is 5.73 Å². The number of benzene rings is 1. The van der Waals surface area contributed by atoms with Gasteiger partial charge in [0.25, 0.3) is 0 Å². The number of carboxylic acids is 1. The summed E-state index contributed by atoms with van der Waals surface area (Å²) in [7, 11) is 0. The number of halogens is 1. The summed E-state index contributed by atoms with van der Waals surface area (Å²) in [5.74, 6) is -0.730. The van der Waals surface area contributed by atoms with Gasteiger partial charge in [-0.3, -0.25) is 4.79 Å². The lowest BCUT2D eigenvalue weighted by atomic mass is 9.79. The van der Waals surface area contributed by atoms with E-state index in [0.29, 0.717) is 18.5 Å². The lowest BCUT2D eigenvalue weighted by Gasteiger charge is -2.24. The van der Waals surface area contributed by atoms with Crippen molar-refractivity contribution < 1.29 is 9.90 Å². The summed E-state index contributed by atoms with van der Waals surface area (Å²) in [5, 5.41) is 9.42. The first-order valence-corrected chi connectivity index (χ1v) is 6.14. The average molecular weight is 284 g/mol. The van der Waals surface area contributed by atoms with Crippen molar-refractivity contribution in [3.05, 3.63) is 28.2 Å². The van der Waals surface area contributed by atoms with E-state index in [9.17, 15) is 9.90 Å². The molecule has 3 N–H and O–H groups in total. The van der Waals surface area contributed by atoms with Crippen molar-refractivity contribution in [2.45, 2.75) is 31.1 Å². The normalized spacial score (nSPS) is 18.6. The summed E-state index contributed by atoms with van der Waals surface area (Å²) in [6.07, 6.45) is 3.37. The van der Waals surface area contributed by atoms with Gasteiger partial charge in [0.05, 0.1) is 5.41 Å². The summed E-state index contributed by atoms with van der Waals surface area (Å²) in [6.45, 7) is 0. The van der Waals surface area contributed by atoms with Gasteiger partial charge in [-0.25, -0.2) is 0 Å². The zero-order chi connectivity index (χ0) is 11.8. The van der Waals surface area contributed by atoms with Gasteiger partial charge >= 0.3 is 5.97 Å². The first-order chi connectivity index (χ1) is 7.56. The number of carboxylic acid groups (broad SMARTS) is 1. The minimum atomic E-state index is -0.730. The Labute approximate surface area is 103 Å². The quantitative estimate of drug-likeness (QED) is 0.821. The van der Waals surface area contributed by atoms with Crippen molar-refractivity contribution in [3.63, 3.8) is 0 Å². The second-order valence-corrected chi connectivity index (χ2v) is 5.18. The van der Waals surface area contributed by atoms with E-state index in [4.69, 9.17) is 5.73 Å². The van der Waals surface area contributed by atoms with Gasteiger partial charge < -0.3 is 10.8 Å². The maximum absolute atomic E-state index is 11.5. The minimum absolute atomic E-state index is 0.602. The fraction of sp³-hybridized carbons (Fsp3) is 0.417. The molecule has 0 amide bonds. The molecule has 16 heavy (non-hydrogen) atoms. The molecule has 1 aromatic rings. The maximum Gasteiger partial charge on any atom is 0.314 e. The molecule has 1 aliphatic rings. The van der Waals surface area contributed by atoms with Gasteiger partial charge in [0, 0.05) is 10.2 Å². The molecule has 3 nitrogen and oxygen atoms in total. The average Bonchev–Trinajstić information content (AvgIpc) is 2.72. The minimum Gasteiger partial charge on any atom is -0.481 e. The summed E-state index contributed by atoms with van der Waals surface area (Å²) < 4.78 is 0.815. The molecule has 86 valence electrons. The monoisotopic (exact) mass is 283 g/mol. The first kappa shape index (κ1) is 11.5. The van der Waals surface area contributed by atoms with Crippen LogP contribution >= 0.6 is 15.9 Å². The summed E-state index contributed by atoms with van der Waals surface area (Å²) in [6, 6.07) is 5.47. The second-order valence-electron chi connectivity index (χ2n) is 4.33. The van der Waals surface area contributed by atoms with Crippen LogP contribution in [0.2, 0.25) is 0 Å². The van der Waals surface area contributed by atoms with E-state index in [2.05, 4.69) is 15.9 Å². The largest absolute Gasteiger partial charge is 0.481 e. The number of aliphatic carboxylic acids is 1. The number of hydrogen-bond donors (Lipinski definition) is 2. The van der Waals surface area contributed by atoms with Crippen LogP contribution < -0.4 is 5.73 Å². The van der Waals surface area contributed by atoms with E-state index in [1.165, 1.54) is 0 Å². The highest BCUT2D eigenvalue weighted by molar-refractivity contribution is 9.10. The van der Waals surface area contributed by atoms with Crippen LogP contribution in [0.1, 0.15) is 31.2 Å². The summed E-state index contributed by atoms with van der Waals surface area (Å²) >= 11 is 3.32. The SMILES string of the molecule is Nc1cc(C2(C(=O)O)CCCC2)ccc1Br. The highest BCUT2D eigenvalue weighted by atomic mass is 79.9. The number of carbonyl (C=O) groups is 1. The Morgan fingerprint density at radius 3 is 2.50 bits per heavy atom. The van der Waals surface area contributed by atoms with E-state index in [1.807, 2.05) is 12.1 Å². The zero-order valence-electron chi connectivity index (χ0n) is 8.87. The van der Waals surface area contributed by atoms with Gasteiger partial charge in [-0.05, 0) is 46.5 Å². The molecule has 0 bridgehead atoms. The van der Waals surface area contributed by atoms with Crippen molar-refractivity contribution in [1.82, 2.24) is 0 Å². The standard InChI is InChI=1S/C12H14BrNO2/c13-9-4-3-8(7-10(9)14)12(11(15)16)5-1-2-6-12/h3-4,7H,1-2,5-6,14H2,(H,15,16). The van der Waals surface area contributed by atoms with Gasteiger partial charge in [0.1, 0.15) is 0 Å². The van der Waals surface area contributed by atoms with E-state index in [-0.39, 0.29) is 0 Å². The maximum atomic E-state index is 11.5. The summed E-state index contributed by atoms with van der Waals surface area (Å²) in [4.78, 5) is 11.5. The molecule has 0 saturated heterocycles. The molecule has 0 unspecified atom stereocenters. The zero-order valence-corrected chi connectivity index (χ0v) is 10.5. The lowest BCUT2D eigenvalue weighted by molar-refractivity contribution is -0.143. The molecular weight excluding hydrogens is 270 g/mol. The van der Waals surface area contributed by atoms with Gasteiger partial charge in [-0.15, -0.1) is 0 Å². The van der Waals surface area contributed by atoms with E-state index in [1.54, 1.807) is 6.07 Å². The Bertz CT molecular complexity index is 425. The van der Waals surface area contributed by atoms with Crippen molar-refractivity contribution in [3.8, 4) is 0 Å². The van der Waals surface area contributed by atoms with Crippen LogP contribution in [0.15, 0.2) is 22.7 Å². The van der Waals surface area contributed by atoms with Crippen LogP contribution in [-0.4, -0.2) is 11.1 Å². The van der Waals surface area contributed by atoms with Gasteiger partial charge in [0.2, 0.25) is 0 Å². The van der Waals surface area contributed by atoms with Crippen LogP contribution in [-0.2, 0) is 10.2 Å². The molecule has 0 aliphatic heterocycles. The number of nitrogens with two attached hydrogens (primary N) is 1. The first-order valence-electron chi connectivity index (χ1n) is 5.35. The fourth-order valence-corrected chi connectivity index (χ4v) is 2.69.